The van der Waals surface area contributed by atoms with E-state index >= 15 is 0 Å². The number of imidazole rings is 1. The fourth-order valence-corrected chi connectivity index (χ4v) is 3.04. The van der Waals surface area contributed by atoms with Gasteiger partial charge in [0.25, 0.3) is 0 Å². The largest absolute Gasteiger partial charge is 0.358 e. The molecule has 0 saturated heterocycles. The normalized spacial score (nSPS) is 11.1. The first kappa shape index (κ1) is 17.4. The molecule has 0 radical (unpaired) electrons. The Morgan fingerprint density at radius 1 is 1.11 bits per heavy atom. The zero-order valence-corrected chi connectivity index (χ0v) is 15.4. The van der Waals surface area contributed by atoms with Gasteiger partial charge in [-0.2, -0.15) is 0 Å². The van der Waals surface area contributed by atoms with E-state index in [0.717, 1.165) is 35.7 Å². The van der Waals surface area contributed by atoms with E-state index in [0.29, 0.717) is 5.65 Å². The van der Waals surface area contributed by atoms with Crippen molar-refractivity contribution in [2.75, 3.05) is 18.5 Å². The average molecular weight is 382 g/mol. The van der Waals surface area contributed by atoms with E-state index in [2.05, 4.69) is 14.9 Å². The molecule has 0 aliphatic carbocycles. The lowest BCUT2D eigenvalue weighted by Gasteiger charge is -2.18. The Bertz CT molecular complexity index is 1080. The Morgan fingerprint density at radius 2 is 2.00 bits per heavy atom. The molecular weight excluding hydrogens is 365 g/mol. The Kier molecular flexibility index (Phi) is 4.73. The second-order valence-electron chi connectivity index (χ2n) is 6.23. The minimum atomic E-state index is -0.447. The molecule has 7 heteroatoms. The summed E-state index contributed by atoms with van der Waals surface area (Å²) in [7, 11) is 1.99. The molecule has 136 valence electrons. The first-order valence-corrected chi connectivity index (χ1v) is 8.91. The standard InChI is InChI=1S/C20H17ClFN5/c1-26(11-9-15-4-2-3-10-23-15)20-8-7-19-24-13-18(27(19)25-20)14-5-6-17(22)16(21)12-14/h2-8,10,12-13H,9,11H2,1H3. The summed E-state index contributed by atoms with van der Waals surface area (Å²) >= 11 is 5.92. The SMILES string of the molecule is CN(CCc1ccccn1)c1ccc2ncc(-c3ccc(F)c(Cl)c3)n2n1. The van der Waals surface area contributed by atoms with Crippen LogP contribution in [0.25, 0.3) is 16.9 Å². The zero-order chi connectivity index (χ0) is 18.8. The fraction of sp³-hybridized carbons (Fsp3) is 0.150. The number of fused-ring (bicyclic) bond motifs is 1. The number of pyridine rings is 1. The number of hydrogen-bond acceptors (Lipinski definition) is 4. The van der Waals surface area contributed by atoms with E-state index in [9.17, 15) is 4.39 Å². The summed E-state index contributed by atoms with van der Waals surface area (Å²) in [5.74, 6) is 0.364. The second kappa shape index (κ2) is 7.32. The van der Waals surface area contributed by atoms with E-state index in [1.54, 1.807) is 29.0 Å². The van der Waals surface area contributed by atoms with Gasteiger partial charge in [0.2, 0.25) is 0 Å². The van der Waals surface area contributed by atoms with E-state index in [1.165, 1.54) is 6.07 Å². The highest BCUT2D eigenvalue weighted by molar-refractivity contribution is 6.31. The molecule has 3 heterocycles. The van der Waals surface area contributed by atoms with Crippen LogP contribution >= 0.6 is 11.6 Å². The number of halogens is 2. The van der Waals surface area contributed by atoms with Gasteiger partial charge in [-0.25, -0.2) is 13.9 Å². The highest BCUT2D eigenvalue weighted by Crippen LogP contribution is 2.26. The molecule has 5 nitrogen and oxygen atoms in total. The topological polar surface area (TPSA) is 46.3 Å². The zero-order valence-electron chi connectivity index (χ0n) is 14.7. The molecule has 0 spiro atoms. The lowest BCUT2D eigenvalue weighted by Crippen LogP contribution is -2.22. The lowest BCUT2D eigenvalue weighted by molar-refractivity contribution is 0.628. The van der Waals surface area contributed by atoms with Crippen LogP contribution in [0.1, 0.15) is 5.69 Å². The maximum atomic E-state index is 13.5. The summed E-state index contributed by atoms with van der Waals surface area (Å²) in [6.45, 7) is 0.780. The van der Waals surface area contributed by atoms with Crippen molar-refractivity contribution < 1.29 is 4.39 Å². The summed E-state index contributed by atoms with van der Waals surface area (Å²) in [5.41, 5.74) is 3.27. The quantitative estimate of drug-likeness (QED) is 0.518. The summed E-state index contributed by atoms with van der Waals surface area (Å²) in [6.07, 6.45) is 4.33. The molecule has 4 rings (SSSR count). The monoisotopic (exact) mass is 381 g/mol. The summed E-state index contributed by atoms with van der Waals surface area (Å²) in [4.78, 5) is 10.8. The van der Waals surface area contributed by atoms with Crippen LogP contribution in [-0.2, 0) is 6.42 Å². The first-order chi connectivity index (χ1) is 13.1. The molecule has 0 amide bonds. The van der Waals surface area contributed by atoms with Gasteiger partial charge in [-0.15, -0.1) is 5.10 Å². The number of aromatic nitrogens is 4. The molecule has 0 bridgehead atoms. The van der Waals surface area contributed by atoms with E-state index < -0.39 is 5.82 Å². The number of rotatable bonds is 5. The van der Waals surface area contributed by atoms with Gasteiger partial charge in [0.15, 0.2) is 5.65 Å². The van der Waals surface area contributed by atoms with E-state index in [-0.39, 0.29) is 5.02 Å². The molecule has 3 aromatic heterocycles. The van der Waals surface area contributed by atoms with E-state index in [1.807, 2.05) is 37.4 Å². The number of hydrogen-bond donors (Lipinski definition) is 0. The van der Waals surface area contributed by atoms with Crippen molar-refractivity contribution in [3.63, 3.8) is 0 Å². The van der Waals surface area contributed by atoms with Gasteiger partial charge < -0.3 is 4.90 Å². The number of nitrogens with zero attached hydrogens (tertiary/aromatic N) is 5. The maximum Gasteiger partial charge on any atom is 0.154 e. The van der Waals surface area contributed by atoms with Crippen molar-refractivity contribution in [1.82, 2.24) is 19.6 Å². The van der Waals surface area contributed by atoms with Crippen molar-refractivity contribution in [2.45, 2.75) is 6.42 Å². The highest BCUT2D eigenvalue weighted by atomic mass is 35.5. The smallest absolute Gasteiger partial charge is 0.154 e. The van der Waals surface area contributed by atoms with Crippen molar-refractivity contribution in [1.29, 1.82) is 0 Å². The number of anilines is 1. The van der Waals surface area contributed by atoms with Crippen LogP contribution < -0.4 is 4.90 Å². The average Bonchev–Trinajstić information content (AvgIpc) is 3.12. The van der Waals surface area contributed by atoms with Gasteiger partial charge in [0.05, 0.1) is 16.9 Å². The summed E-state index contributed by atoms with van der Waals surface area (Å²) < 4.78 is 15.2. The lowest BCUT2D eigenvalue weighted by atomic mass is 10.2. The van der Waals surface area contributed by atoms with Gasteiger partial charge in [-0.3, -0.25) is 4.98 Å². The molecule has 0 N–H and O–H groups in total. The molecule has 1 aromatic carbocycles. The highest BCUT2D eigenvalue weighted by Gasteiger charge is 2.12. The maximum absolute atomic E-state index is 13.5. The second-order valence-corrected chi connectivity index (χ2v) is 6.63. The number of likely N-dealkylation sites (N-methyl/N-ethyl adjacent to an activating group) is 1. The van der Waals surface area contributed by atoms with Crippen LogP contribution in [0.3, 0.4) is 0 Å². The predicted octanol–water partition coefficient (Wildman–Crippen LogP) is 4.26. The molecule has 4 aromatic rings. The Labute approximate surface area is 161 Å². The molecule has 0 saturated carbocycles. The van der Waals surface area contributed by atoms with Gasteiger partial charge in [-0.1, -0.05) is 17.7 Å². The van der Waals surface area contributed by atoms with Crippen molar-refractivity contribution in [3.05, 3.63) is 77.5 Å². The Balaban J connectivity index is 1.62. The molecule has 0 aliphatic rings. The fourth-order valence-electron chi connectivity index (χ4n) is 2.86. The minimum absolute atomic E-state index is 0.0751. The van der Waals surface area contributed by atoms with Crippen LogP contribution in [0.5, 0.6) is 0 Å². The molecular formula is C20H17ClFN5. The predicted molar refractivity (Wildman–Crippen MR) is 105 cm³/mol. The van der Waals surface area contributed by atoms with Crippen LogP contribution in [0.15, 0.2) is 60.9 Å². The van der Waals surface area contributed by atoms with Crippen LogP contribution in [0, 0.1) is 5.82 Å². The van der Waals surface area contributed by atoms with Crippen LogP contribution in [-0.4, -0.2) is 33.2 Å². The third-order valence-electron chi connectivity index (χ3n) is 4.38. The Hall–Kier alpha value is -2.99. The first-order valence-electron chi connectivity index (χ1n) is 8.53. The molecule has 0 atom stereocenters. The van der Waals surface area contributed by atoms with Crippen molar-refractivity contribution in [2.24, 2.45) is 0 Å². The van der Waals surface area contributed by atoms with Crippen LogP contribution in [0.4, 0.5) is 10.2 Å². The molecule has 0 unspecified atom stereocenters. The van der Waals surface area contributed by atoms with Gasteiger partial charge in [0.1, 0.15) is 11.6 Å². The molecule has 27 heavy (non-hydrogen) atoms. The van der Waals surface area contributed by atoms with E-state index in [4.69, 9.17) is 16.7 Å². The van der Waals surface area contributed by atoms with Gasteiger partial charge in [0, 0.05) is 37.5 Å². The third kappa shape index (κ3) is 3.61. The van der Waals surface area contributed by atoms with Crippen molar-refractivity contribution in [3.8, 4) is 11.3 Å². The van der Waals surface area contributed by atoms with Gasteiger partial charge in [-0.05, 0) is 42.5 Å². The third-order valence-corrected chi connectivity index (χ3v) is 4.67. The Morgan fingerprint density at radius 3 is 2.78 bits per heavy atom. The van der Waals surface area contributed by atoms with Gasteiger partial charge >= 0.3 is 0 Å². The van der Waals surface area contributed by atoms with Crippen molar-refractivity contribution >= 4 is 23.1 Å². The number of benzene rings is 1. The summed E-state index contributed by atoms with van der Waals surface area (Å²) in [5, 5.41) is 4.77. The molecule has 0 aliphatic heterocycles. The minimum Gasteiger partial charge on any atom is -0.358 e. The van der Waals surface area contributed by atoms with Crippen LogP contribution in [0.2, 0.25) is 5.02 Å². The molecule has 0 fully saturated rings. The summed E-state index contributed by atoms with van der Waals surface area (Å²) in [6, 6.07) is 14.3.